The molecule has 0 aromatic heterocycles. The van der Waals surface area contributed by atoms with E-state index in [1.165, 1.54) is 44.9 Å². The number of aliphatic hydroxyl groups is 2. The van der Waals surface area contributed by atoms with Crippen molar-refractivity contribution in [3.05, 3.63) is 0 Å². The SMILES string of the molecule is CC(C)CCC[C@@H](C)[C@H]1CC[C@H]2[C@@H]3C[C@@H](NCCCN)[C@@]4(O)C[C@@H](O)CC[C@]4(C)[C@H]3CC[C@]12C. The van der Waals surface area contributed by atoms with E-state index in [0.29, 0.717) is 30.2 Å². The fraction of sp³-hybridized carbons (Fsp3) is 1.00. The van der Waals surface area contributed by atoms with Gasteiger partial charge in [0.2, 0.25) is 0 Å². The zero-order valence-corrected chi connectivity index (χ0v) is 23.0. The van der Waals surface area contributed by atoms with Gasteiger partial charge in [0, 0.05) is 17.9 Å². The van der Waals surface area contributed by atoms with Crippen LogP contribution in [0.2, 0.25) is 0 Å². The summed E-state index contributed by atoms with van der Waals surface area (Å²) in [4.78, 5) is 0. The highest BCUT2D eigenvalue weighted by Crippen LogP contribution is 2.69. The van der Waals surface area contributed by atoms with Crippen molar-refractivity contribution < 1.29 is 10.2 Å². The zero-order valence-electron chi connectivity index (χ0n) is 23.0. The van der Waals surface area contributed by atoms with Gasteiger partial charge in [0.25, 0.3) is 0 Å². The average Bonchev–Trinajstić information content (AvgIpc) is 3.12. The van der Waals surface area contributed by atoms with Gasteiger partial charge < -0.3 is 21.3 Å². The maximum Gasteiger partial charge on any atom is 0.0880 e. The summed E-state index contributed by atoms with van der Waals surface area (Å²) in [6.45, 7) is 13.8. The van der Waals surface area contributed by atoms with Gasteiger partial charge in [-0.05, 0) is 105 Å². The molecule has 4 saturated carbocycles. The average molecular weight is 477 g/mol. The molecule has 34 heavy (non-hydrogen) atoms. The highest BCUT2D eigenvalue weighted by molar-refractivity contribution is 5.18. The second-order valence-corrected chi connectivity index (χ2v) is 14.0. The summed E-state index contributed by atoms with van der Waals surface area (Å²) in [5, 5.41) is 26.6. The monoisotopic (exact) mass is 476 g/mol. The molecule has 0 aromatic rings. The largest absolute Gasteiger partial charge is 0.393 e. The summed E-state index contributed by atoms with van der Waals surface area (Å²) in [5.74, 6) is 4.57. The molecule has 0 bridgehead atoms. The molecule has 0 saturated heterocycles. The summed E-state index contributed by atoms with van der Waals surface area (Å²) >= 11 is 0. The predicted octanol–water partition coefficient (Wildman–Crippen LogP) is 5.50. The second kappa shape index (κ2) is 10.3. The molecular formula is C30H56N2O2. The fourth-order valence-corrected chi connectivity index (χ4v) is 9.95. The van der Waals surface area contributed by atoms with Crippen LogP contribution >= 0.6 is 0 Å². The minimum Gasteiger partial charge on any atom is -0.393 e. The van der Waals surface area contributed by atoms with Crippen molar-refractivity contribution in [2.45, 2.75) is 129 Å². The van der Waals surface area contributed by atoms with Gasteiger partial charge in [-0.3, -0.25) is 0 Å². The van der Waals surface area contributed by atoms with Crippen molar-refractivity contribution in [3.8, 4) is 0 Å². The lowest BCUT2D eigenvalue weighted by Gasteiger charge is -2.66. The number of fused-ring (bicyclic) bond motifs is 5. The third kappa shape index (κ3) is 4.52. The number of rotatable bonds is 9. The molecule has 0 aromatic carbocycles. The van der Waals surface area contributed by atoms with Crippen LogP contribution in [0.25, 0.3) is 0 Å². The fourth-order valence-electron chi connectivity index (χ4n) is 9.95. The van der Waals surface area contributed by atoms with E-state index in [9.17, 15) is 10.2 Å². The van der Waals surface area contributed by atoms with Crippen LogP contribution < -0.4 is 11.1 Å². The predicted molar refractivity (Wildman–Crippen MR) is 141 cm³/mol. The van der Waals surface area contributed by atoms with E-state index in [0.717, 1.165) is 55.9 Å². The molecule has 0 aliphatic heterocycles. The van der Waals surface area contributed by atoms with E-state index >= 15 is 0 Å². The summed E-state index contributed by atoms with van der Waals surface area (Å²) in [5.41, 5.74) is 5.35. The smallest absolute Gasteiger partial charge is 0.0880 e. The van der Waals surface area contributed by atoms with Crippen LogP contribution in [0.3, 0.4) is 0 Å². The first kappa shape index (κ1) is 26.9. The second-order valence-electron chi connectivity index (χ2n) is 14.0. The van der Waals surface area contributed by atoms with E-state index in [2.05, 4.69) is 39.9 Å². The van der Waals surface area contributed by atoms with Crippen molar-refractivity contribution in [1.29, 1.82) is 0 Å². The summed E-state index contributed by atoms with van der Waals surface area (Å²) < 4.78 is 0. The standard InChI is InChI=1S/C30H56N2O2/c1-20(2)8-6-9-21(3)24-10-11-25-23-18-27(32-17-7-16-31)30(34)19-22(33)12-15-29(30,5)26(23)13-14-28(24,25)4/h20-27,32-34H,6-19,31H2,1-5H3/t21-,22+,23+,24-,25+,26+,27-,28-,29-,30+/m1/s1. The Morgan fingerprint density at radius 1 is 0.971 bits per heavy atom. The number of hydrogen-bond acceptors (Lipinski definition) is 4. The molecule has 0 spiro atoms. The number of nitrogens with two attached hydrogens (primary N) is 1. The Balaban J connectivity index is 1.56. The van der Waals surface area contributed by atoms with Crippen molar-refractivity contribution in [3.63, 3.8) is 0 Å². The molecule has 4 heteroatoms. The minimum absolute atomic E-state index is 0.0742. The van der Waals surface area contributed by atoms with E-state index in [4.69, 9.17) is 5.73 Å². The van der Waals surface area contributed by atoms with Gasteiger partial charge in [0.15, 0.2) is 0 Å². The summed E-state index contributed by atoms with van der Waals surface area (Å²) in [6, 6.07) is 0.0742. The quantitative estimate of drug-likeness (QED) is 0.331. The molecule has 4 aliphatic carbocycles. The third-order valence-corrected chi connectivity index (χ3v) is 11.8. The molecule has 10 atom stereocenters. The Bertz CT molecular complexity index is 685. The summed E-state index contributed by atoms with van der Waals surface area (Å²) in [7, 11) is 0. The Kier molecular flexibility index (Phi) is 8.15. The first-order chi connectivity index (χ1) is 16.1. The number of nitrogens with one attached hydrogen (secondary N) is 1. The Labute approximate surface area is 210 Å². The minimum atomic E-state index is -0.809. The molecule has 198 valence electrons. The number of hydrogen-bond donors (Lipinski definition) is 4. The van der Waals surface area contributed by atoms with E-state index in [1.807, 2.05) is 0 Å². The van der Waals surface area contributed by atoms with Crippen LogP contribution in [0.1, 0.15) is 112 Å². The molecular weight excluding hydrogens is 420 g/mol. The van der Waals surface area contributed by atoms with E-state index < -0.39 is 5.60 Å². The maximum absolute atomic E-state index is 12.3. The van der Waals surface area contributed by atoms with E-state index in [1.54, 1.807) is 0 Å². The molecule has 0 heterocycles. The topological polar surface area (TPSA) is 78.5 Å². The van der Waals surface area contributed by atoms with Crippen LogP contribution in [0.15, 0.2) is 0 Å². The first-order valence-electron chi connectivity index (χ1n) is 14.9. The Hall–Kier alpha value is -0.160. The van der Waals surface area contributed by atoms with Gasteiger partial charge in [0.1, 0.15) is 0 Å². The Morgan fingerprint density at radius 2 is 1.74 bits per heavy atom. The maximum atomic E-state index is 12.3. The molecule has 0 radical (unpaired) electrons. The lowest BCUT2D eigenvalue weighted by atomic mass is 9.42. The van der Waals surface area contributed by atoms with Gasteiger partial charge >= 0.3 is 0 Å². The third-order valence-electron chi connectivity index (χ3n) is 11.8. The van der Waals surface area contributed by atoms with Crippen molar-refractivity contribution >= 4 is 0 Å². The molecule has 4 fully saturated rings. The van der Waals surface area contributed by atoms with Crippen molar-refractivity contribution in [1.82, 2.24) is 5.32 Å². The van der Waals surface area contributed by atoms with Crippen LogP contribution in [0, 0.1) is 46.3 Å². The highest BCUT2D eigenvalue weighted by Gasteiger charge is 2.67. The van der Waals surface area contributed by atoms with Crippen molar-refractivity contribution in [2.24, 2.45) is 52.1 Å². The lowest BCUT2D eigenvalue weighted by molar-refractivity contribution is -0.234. The first-order valence-corrected chi connectivity index (χ1v) is 14.9. The van der Waals surface area contributed by atoms with Gasteiger partial charge in [-0.2, -0.15) is 0 Å². The van der Waals surface area contributed by atoms with Crippen LogP contribution in [0.5, 0.6) is 0 Å². The zero-order chi connectivity index (χ0) is 24.7. The van der Waals surface area contributed by atoms with Gasteiger partial charge in [-0.1, -0.05) is 53.9 Å². The van der Waals surface area contributed by atoms with E-state index in [-0.39, 0.29) is 17.6 Å². The lowest BCUT2D eigenvalue weighted by Crippen LogP contribution is -2.71. The molecule has 4 rings (SSSR count). The van der Waals surface area contributed by atoms with Crippen LogP contribution in [-0.4, -0.2) is 41.0 Å². The molecule has 0 unspecified atom stereocenters. The Morgan fingerprint density at radius 3 is 2.44 bits per heavy atom. The summed E-state index contributed by atoms with van der Waals surface area (Å²) in [6.07, 6.45) is 13.5. The number of aliphatic hydroxyl groups excluding tert-OH is 1. The normalized spacial score (nSPS) is 47.2. The van der Waals surface area contributed by atoms with Crippen molar-refractivity contribution in [2.75, 3.05) is 13.1 Å². The van der Waals surface area contributed by atoms with Gasteiger partial charge in [-0.25, -0.2) is 0 Å². The van der Waals surface area contributed by atoms with Crippen LogP contribution in [-0.2, 0) is 0 Å². The highest BCUT2D eigenvalue weighted by atomic mass is 16.3. The molecule has 4 nitrogen and oxygen atoms in total. The van der Waals surface area contributed by atoms with Crippen LogP contribution in [0.4, 0.5) is 0 Å². The molecule has 5 N–H and O–H groups in total. The molecule has 4 aliphatic rings. The van der Waals surface area contributed by atoms with Gasteiger partial charge in [0.05, 0.1) is 11.7 Å². The van der Waals surface area contributed by atoms with Gasteiger partial charge in [-0.15, -0.1) is 0 Å². The molecule has 0 amide bonds.